The molecular formula is H3HfNO2. The molecule has 0 aliphatic rings. The largest absolute Gasteiger partial charge is 4.00 e. The Labute approximate surface area is 43.4 Å². The van der Waals surface area contributed by atoms with Crippen LogP contribution < -0.4 is 6.15 Å². The molecule has 4 heteroatoms. The van der Waals surface area contributed by atoms with Gasteiger partial charge >= 0.3 is 25.8 Å². The summed E-state index contributed by atoms with van der Waals surface area (Å²) in [5.74, 6) is 0. The zero-order valence-corrected chi connectivity index (χ0v) is 5.62. The summed E-state index contributed by atoms with van der Waals surface area (Å²) in [7, 11) is 0. The molecule has 0 saturated heterocycles. The summed E-state index contributed by atoms with van der Waals surface area (Å²) < 4.78 is 0. The minimum absolute atomic E-state index is 0. The smallest absolute Gasteiger partial charge is 2.00 e. The van der Waals surface area contributed by atoms with E-state index >= 15 is 0 Å². The monoisotopic (exact) mass is 229 g/mol. The van der Waals surface area contributed by atoms with Crippen LogP contribution in [0.4, 0.5) is 0 Å². The number of hydrogen-bond donors (Lipinski definition) is 1. The van der Waals surface area contributed by atoms with Gasteiger partial charge in [0.15, 0.2) is 0 Å². The Morgan fingerprint density at radius 3 is 0.750 bits per heavy atom. The summed E-state index contributed by atoms with van der Waals surface area (Å²) in [5.41, 5.74) is 0. The Balaban J connectivity index is 0. The standard InChI is InChI=1S/Hf.H3N.2O/h;1H3;;/q+4;;2*-2. The molecule has 0 amide bonds. The van der Waals surface area contributed by atoms with Gasteiger partial charge in [-0.05, 0) is 0 Å². The Bertz CT molecular complexity index is 6.00. The molecule has 0 fully saturated rings. The molecule has 4 heavy (non-hydrogen) atoms. The summed E-state index contributed by atoms with van der Waals surface area (Å²) in [6.07, 6.45) is 0. The van der Waals surface area contributed by atoms with E-state index in [4.69, 9.17) is 0 Å². The maximum Gasteiger partial charge on any atom is 4.00 e. The van der Waals surface area contributed by atoms with Crippen LogP contribution in [0.1, 0.15) is 0 Å². The fraction of sp³-hybridized carbons (Fsp3) is 0. The summed E-state index contributed by atoms with van der Waals surface area (Å²) in [5, 5.41) is 0. The topological polar surface area (TPSA) is 92.0 Å². The molecule has 0 radical (unpaired) electrons. The van der Waals surface area contributed by atoms with Crippen molar-refractivity contribution < 1.29 is 36.8 Å². The molecule has 0 aromatic carbocycles. The van der Waals surface area contributed by atoms with Crippen molar-refractivity contribution in [1.29, 1.82) is 0 Å². The molecule has 0 bridgehead atoms. The van der Waals surface area contributed by atoms with E-state index in [1.807, 2.05) is 0 Å². The van der Waals surface area contributed by atoms with E-state index in [9.17, 15) is 0 Å². The van der Waals surface area contributed by atoms with E-state index < -0.39 is 0 Å². The van der Waals surface area contributed by atoms with Gasteiger partial charge in [0.1, 0.15) is 0 Å². The van der Waals surface area contributed by atoms with Gasteiger partial charge < -0.3 is 17.1 Å². The van der Waals surface area contributed by atoms with Gasteiger partial charge in [-0.2, -0.15) is 0 Å². The molecule has 3 N–H and O–H groups in total. The first-order chi connectivity index (χ1) is 0. The van der Waals surface area contributed by atoms with Gasteiger partial charge in [-0.3, -0.25) is 0 Å². The number of hydrogen-bond acceptors (Lipinski definition) is 1. The van der Waals surface area contributed by atoms with Crippen molar-refractivity contribution in [3.8, 4) is 0 Å². The Morgan fingerprint density at radius 1 is 0.750 bits per heavy atom. The zero-order chi connectivity index (χ0) is 0. The van der Waals surface area contributed by atoms with Crippen molar-refractivity contribution in [3.63, 3.8) is 0 Å². The average Bonchev–Trinajstić information content (AvgIpc) is 0. The molecule has 0 aliphatic carbocycles. The summed E-state index contributed by atoms with van der Waals surface area (Å²) in [6.45, 7) is 0. The van der Waals surface area contributed by atoms with Crippen molar-refractivity contribution in [2.75, 3.05) is 0 Å². The van der Waals surface area contributed by atoms with Crippen molar-refractivity contribution in [2.45, 2.75) is 0 Å². The van der Waals surface area contributed by atoms with Crippen LogP contribution in [0.2, 0.25) is 0 Å². The van der Waals surface area contributed by atoms with Crippen LogP contribution in [0.5, 0.6) is 0 Å². The van der Waals surface area contributed by atoms with E-state index in [1.165, 1.54) is 0 Å². The van der Waals surface area contributed by atoms with Gasteiger partial charge in [0, 0.05) is 0 Å². The van der Waals surface area contributed by atoms with Crippen LogP contribution in [-0.2, 0) is 36.8 Å². The molecule has 0 unspecified atom stereocenters. The van der Waals surface area contributed by atoms with Crippen LogP contribution in [0, 0.1) is 0 Å². The van der Waals surface area contributed by atoms with Crippen LogP contribution in [0.15, 0.2) is 0 Å². The zero-order valence-electron chi connectivity index (χ0n) is 2.02. The predicted octanol–water partition coefficient (Wildman–Crippen LogP) is -0.0781. The van der Waals surface area contributed by atoms with E-state index in [-0.39, 0.29) is 42.9 Å². The van der Waals surface area contributed by atoms with Crippen LogP contribution in [0.25, 0.3) is 0 Å². The van der Waals surface area contributed by atoms with Crippen molar-refractivity contribution in [1.82, 2.24) is 6.15 Å². The molecule has 0 aromatic heterocycles. The van der Waals surface area contributed by atoms with E-state index in [1.54, 1.807) is 0 Å². The maximum atomic E-state index is 0. The maximum absolute atomic E-state index is 0. The second-order valence-electron chi connectivity index (χ2n) is 0. The van der Waals surface area contributed by atoms with E-state index in [2.05, 4.69) is 0 Å². The Kier molecular flexibility index (Phi) is 1500. The second kappa shape index (κ2) is 50.4. The van der Waals surface area contributed by atoms with Gasteiger partial charge in [-0.1, -0.05) is 0 Å². The third-order valence-electron chi connectivity index (χ3n) is 0. The van der Waals surface area contributed by atoms with Gasteiger partial charge in [-0.25, -0.2) is 0 Å². The van der Waals surface area contributed by atoms with Gasteiger partial charge in [0.05, 0.1) is 0 Å². The molecule has 0 spiro atoms. The molecule has 0 saturated carbocycles. The fourth-order valence-corrected chi connectivity index (χ4v) is 0. The Hall–Kier alpha value is 0.750. The molecule has 3 nitrogen and oxygen atoms in total. The van der Waals surface area contributed by atoms with Crippen molar-refractivity contribution in [2.24, 2.45) is 0 Å². The first kappa shape index (κ1) is 119. The molecule has 0 aromatic rings. The SMILES string of the molecule is N.[Hf+4].[O-2].[O-2]. The minimum Gasteiger partial charge on any atom is -2.00 e. The van der Waals surface area contributed by atoms with Gasteiger partial charge in [0.25, 0.3) is 0 Å². The number of rotatable bonds is 0. The second-order valence-corrected chi connectivity index (χ2v) is 0. The third-order valence-corrected chi connectivity index (χ3v) is 0. The molecule has 0 heterocycles. The van der Waals surface area contributed by atoms with Gasteiger partial charge in [-0.15, -0.1) is 0 Å². The van der Waals surface area contributed by atoms with Crippen molar-refractivity contribution in [3.05, 3.63) is 0 Å². The van der Waals surface area contributed by atoms with Crippen LogP contribution in [-0.4, -0.2) is 0 Å². The summed E-state index contributed by atoms with van der Waals surface area (Å²) in [6, 6.07) is 0. The molecule has 0 atom stereocenters. The third kappa shape index (κ3) is 15.0. The van der Waals surface area contributed by atoms with Gasteiger partial charge in [0.2, 0.25) is 0 Å². The Morgan fingerprint density at radius 2 is 0.750 bits per heavy atom. The van der Waals surface area contributed by atoms with E-state index in [0.29, 0.717) is 0 Å². The fourth-order valence-electron chi connectivity index (χ4n) is 0. The first-order valence-electron chi connectivity index (χ1n) is 0. The summed E-state index contributed by atoms with van der Waals surface area (Å²) in [4.78, 5) is 0. The van der Waals surface area contributed by atoms with Crippen LogP contribution >= 0.6 is 0 Å². The first-order valence-corrected chi connectivity index (χ1v) is 0. The molecule has 0 rings (SSSR count). The van der Waals surface area contributed by atoms with Crippen LogP contribution in [0.3, 0.4) is 0 Å². The predicted molar refractivity (Wildman–Crippen MR) is 6.40 cm³/mol. The molecular weight excluding hydrogens is 224 g/mol. The summed E-state index contributed by atoms with van der Waals surface area (Å²) >= 11 is 0. The molecule has 0 aliphatic heterocycles. The average molecular weight is 228 g/mol. The molecule has 24 valence electrons. The quantitative estimate of drug-likeness (QED) is 0.576. The normalized spacial score (nSPS) is 0. The minimum atomic E-state index is 0. The van der Waals surface area contributed by atoms with E-state index in [0.717, 1.165) is 0 Å². The van der Waals surface area contributed by atoms with Crippen molar-refractivity contribution >= 4 is 0 Å².